The first-order chi connectivity index (χ1) is 14.3. The number of hydrogen-bond acceptors (Lipinski definition) is 7. The van der Waals surface area contributed by atoms with Gasteiger partial charge >= 0.3 is 5.97 Å². The molecule has 1 aliphatic rings. The molecule has 1 N–H and O–H groups in total. The molecule has 1 aliphatic carbocycles. The molecule has 0 aliphatic heterocycles. The molecule has 158 valence electrons. The lowest BCUT2D eigenvalue weighted by Gasteiger charge is -2.18. The van der Waals surface area contributed by atoms with Gasteiger partial charge in [-0.1, -0.05) is 6.92 Å². The molecule has 8 nitrogen and oxygen atoms in total. The van der Waals surface area contributed by atoms with Crippen molar-refractivity contribution in [2.45, 2.75) is 53.5 Å². The highest BCUT2D eigenvalue weighted by atomic mass is 32.1. The van der Waals surface area contributed by atoms with Crippen molar-refractivity contribution in [2.75, 3.05) is 11.9 Å². The van der Waals surface area contributed by atoms with Gasteiger partial charge in [-0.15, -0.1) is 11.3 Å². The average molecular weight is 429 g/mol. The fourth-order valence-corrected chi connectivity index (χ4v) is 4.99. The Bertz CT molecular complexity index is 1110. The summed E-state index contributed by atoms with van der Waals surface area (Å²) >= 11 is 1.38. The molecule has 1 amide bonds. The summed E-state index contributed by atoms with van der Waals surface area (Å²) < 4.78 is 6.19. The summed E-state index contributed by atoms with van der Waals surface area (Å²) in [6.45, 7) is 7.12. The monoisotopic (exact) mass is 428 g/mol. The van der Waals surface area contributed by atoms with Crippen molar-refractivity contribution in [3.8, 4) is 6.07 Å². The number of nitriles is 1. The predicted molar refractivity (Wildman–Crippen MR) is 113 cm³/mol. The minimum atomic E-state index is -0.610. The van der Waals surface area contributed by atoms with Gasteiger partial charge in [-0.05, 0) is 57.1 Å². The van der Waals surface area contributed by atoms with Crippen LogP contribution in [0.25, 0.3) is 0 Å². The van der Waals surface area contributed by atoms with E-state index in [4.69, 9.17) is 4.74 Å². The summed E-state index contributed by atoms with van der Waals surface area (Å²) in [7, 11) is 0. The molecule has 0 aromatic carbocycles. The van der Waals surface area contributed by atoms with Crippen molar-refractivity contribution in [3.63, 3.8) is 0 Å². The molecular weight excluding hydrogens is 404 g/mol. The Kier molecular flexibility index (Phi) is 6.37. The topological polar surface area (TPSA) is 114 Å². The van der Waals surface area contributed by atoms with Gasteiger partial charge in [0.1, 0.15) is 23.2 Å². The lowest BCUT2D eigenvalue weighted by molar-refractivity contribution is -0.117. The Morgan fingerprint density at radius 2 is 2.13 bits per heavy atom. The molecule has 30 heavy (non-hydrogen) atoms. The molecule has 2 heterocycles. The van der Waals surface area contributed by atoms with Crippen molar-refractivity contribution in [1.82, 2.24) is 9.78 Å². The number of nitrogens with zero attached hydrogens (tertiary/aromatic N) is 3. The van der Waals surface area contributed by atoms with Gasteiger partial charge in [0, 0.05) is 4.88 Å². The third-order valence-electron chi connectivity index (χ3n) is 5.29. The van der Waals surface area contributed by atoms with E-state index in [2.05, 4.69) is 17.3 Å². The molecule has 0 bridgehead atoms. The summed E-state index contributed by atoms with van der Waals surface area (Å²) in [6.07, 6.45) is 2.59. The van der Waals surface area contributed by atoms with Crippen molar-refractivity contribution in [1.29, 1.82) is 5.26 Å². The van der Waals surface area contributed by atoms with E-state index < -0.39 is 17.4 Å². The number of esters is 1. The first-order valence-electron chi connectivity index (χ1n) is 9.86. The molecule has 0 spiro atoms. The molecular formula is C21H24N4O4S. The van der Waals surface area contributed by atoms with Gasteiger partial charge in [0.2, 0.25) is 5.91 Å². The Morgan fingerprint density at radius 1 is 1.40 bits per heavy atom. The molecule has 0 saturated carbocycles. The number of amides is 1. The lowest BCUT2D eigenvalue weighted by atomic mass is 9.88. The maximum Gasteiger partial charge on any atom is 0.341 e. The number of aryl methyl sites for hydroxylation is 1. The minimum absolute atomic E-state index is 0.0249. The number of rotatable bonds is 5. The summed E-state index contributed by atoms with van der Waals surface area (Å²) in [4.78, 5) is 38.8. The number of hydrogen-bond donors (Lipinski definition) is 1. The van der Waals surface area contributed by atoms with Crippen LogP contribution in [0.3, 0.4) is 0 Å². The number of carbonyl (C=O) groups excluding carboxylic acids is 2. The van der Waals surface area contributed by atoms with E-state index in [1.165, 1.54) is 11.3 Å². The molecule has 0 fully saturated rings. The van der Waals surface area contributed by atoms with Gasteiger partial charge in [0.15, 0.2) is 0 Å². The van der Waals surface area contributed by atoms with Gasteiger partial charge in [-0.2, -0.15) is 10.4 Å². The van der Waals surface area contributed by atoms with Crippen LogP contribution < -0.4 is 10.9 Å². The molecule has 0 radical (unpaired) electrons. The van der Waals surface area contributed by atoms with Crippen LogP contribution >= 0.6 is 11.3 Å². The fraction of sp³-hybridized carbons (Fsp3) is 0.476. The number of aromatic nitrogens is 2. The van der Waals surface area contributed by atoms with E-state index in [0.29, 0.717) is 27.7 Å². The number of carbonyl (C=O) groups is 2. The molecule has 0 saturated heterocycles. The first-order valence-corrected chi connectivity index (χ1v) is 10.7. The highest BCUT2D eigenvalue weighted by Gasteiger charge is 2.29. The highest BCUT2D eigenvalue weighted by molar-refractivity contribution is 7.17. The van der Waals surface area contributed by atoms with Crippen LogP contribution in [0.15, 0.2) is 4.79 Å². The second kappa shape index (κ2) is 8.79. The third kappa shape index (κ3) is 4.14. The van der Waals surface area contributed by atoms with Crippen LogP contribution in [0.4, 0.5) is 5.00 Å². The zero-order valence-corrected chi connectivity index (χ0v) is 18.3. The Morgan fingerprint density at radius 3 is 2.80 bits per heavy atom. The predicted octanol–water partition coefficient (Wildman–Crippen LogP) is 2.73. The van der Waals surface area contributed by atoms with E-state index in [1.54, 1.807) is 20.8 Å². The largest absolute Gasteiger partial charge is 0.462 e. The van der Waals surface area contributed by atoms with Crippen molar-refractivity contribution in [3.05, 3.63) is 43.2 Å². The quantitative estimate of drug-likeness (QED) is 0.733. The highest BCUT2D eigenvalue weighted by Crippen LogP contribution is 2.40. The number of thiophene rings is 1. The second-order valence-electron chi connectivity index (χ2n) is 7.48. The van der Waals surface area contributed by atoms with E-state index in [-0.39, 0.29) is 18.7 Å². The zero-order valence-electron chi connectivity index (χ0n) is 17.5. The van der Waals surface area contributed by atoms with Crippen molar-refractivity contribution in [2.24, 2.45) is 5.92 Å². The smallest absolute Gasteiger partial charge is 0.341 e. The van der Waals surface area contributed by atoms with Crippen LogP contribution in [0.2, 0.25) is 0 Å². The maximum atomic E-state index is 12.7. The normalized spacial score (nSPS) is 15.2. The summed E-state index contributed by atoms with van der Waals surface area (Å²) in [5.41, 5.74) is 1.73. The summed E-state index contributed by atoms with van der Waals surface area (Å²) in [6, 6.07) is 1.88. The van der Waals surface area contributed by atoms with E-state index in [1.807, 2.05) is 6.07 Å². The number of anilines is 1. The first kappa shape index (κ1) is 21.7. The Hall–Kier alpha value is -2.99. The fourth-order valence-electron chi connectivity index (χ4n) is 3.57. The number of nitrogens with one attached hydrogen (secondary N) is 1. The molecule has 3 rings (SSSR count). The summed E-state index contributed by atoms with van der Waals surface area (Å²) in [5.74, 6) is -0.431. The van der Waals surface area contributed by atoms with Crippen molar-refractivity contribution >= 4 is 28.2 Å². The summed E-state index contributed by atoms with van der Waals surface area (Å²) in [5, 5.41) is 16.6. The second-order valence-corrected chi connectivity index (χ2v) is 8.59. The molecule has 1 atom stereocenters. The molecule has 1 unspecified atom stereocenters. The standard InChI is InChI=1S/C21H24N4O4S/c1-5-29-21(28)18-14-7-6-11(2)8-16(14)30-19(18)23-17(26)10-25-20(27)15(9-22)12(3)13(4)24-25/h11H,5-8,10H2,1-4H3,(H,23,26). The molecule has 9 heteroatoms. The van der Waals surface area contributed by atoms with E-state index in [0.717, 1.165) is 34.4 Å². The SMILES string of the molecule is CCOC(=O)c1c(NC(=O)Cn2nc(C)c(C)c(C#N)c2=O)sc2c1CCC(C)C2. The molecule has 2 aromatic rings. The van der Waals surface area contributed by atoms with Gasteiger partial charge in [-0.3, -0.25) is 9.59 Å². The van der Waals surface area contributed by atoms with Gasteiger partial charge in [-0.25, -0.2) is 9.48 Å². The van der Waals surface area contributed by atoms with Crippen molar-refractivity contribution < 1.29 is 14.3 Å². The van der Waals surface area contributed by atoms with E-state index in [9.17, 15) is 19.6 Å². The lowest BCUT2D eigenvalue weighted by Crippen LogP contribution is -2.32. The zero-order chi connectivity index (χ0) is 22.0. The van der Waals surface area contributed by atoms with Crippen LogP contribution in [0.5, 0.6) is 0 Å². The van der Waals surface area contributed by atoms with Crippen LogP contribution in [-0.2, 0) is 28.9 Å². The Balaban J connectivity index is 1.91. The van der Waals surface area contributed by atoms with Gasteiger partial charge in [0.25, 0.3) is 5.56 Å². The van der Waals surface area contributed by atoms with Crippen LogP contribution in [-0.4, -0.2) is 28.3 Å². The van der Waals surface area contributed by atoms with Crippen LogP contribution in [0, 0.1) is 31.1 Å². The number of fused-ring (bicyclic) bond motifs is 1. The van der Waals surface area contributed by atoms with Crippen LogP contribution in [0.1, 0.15) is 57.9 Å². The van der Waals surface area contributed by atoms with Gasteiger partial charge in [0.05, 0.1) is 17.9 Å². The molecule has 2 aromatic heterocycles. The minimum Gasteiger partial charge on any atom is -0.462 e. The number of ether oxygens (including phenoxy) is 1. The third-order valence-corrected chi connectivity index (χ3v) is 6.46. The van der Waals surface area contributed by atoms with Gasteiger partial charge < -0.3 is 10.1 Å². The Labute approximate surface area is 178 Å². The average Bonchev–Trinajstić information content (AvgIpc) is 3.03. The maximum absolute atomic E-state index is 12.7. The van der Waals surface area contributed by atoms with E-state index >= 15 is 0 Å².